The molecule has 90 valence electrons. The van der Waals surface area contributed by atoms with Crippen LogP contribution in [0.1, 0.15) is 46.5 Å². The summed E-state index contributed by atoms with van der Waals surface area (Å²) in [5, 5.41) is 0. The molecule has 0 aromatic heterocycles. The molecule has 1 saturated carbocycles. The van der Waals surface area contributed by atoms with Crippen LogP contribution in [0.15, 0.2) is 0 Å². The summed E-state index contributed by atoms with van der Waals surface area (Å²) in [6.07, 6.45) is 5.42. The van der Waals surface area contributed by atoms with Gasteiger partial charge in [0.05, 0.1) is 6.73 Å². The molecular weight excluding hydrogens is 186 g/mol. The van der Waals surface area contributed by atoms with Crippen molar-refractivity contribution in [3.05, 3.63) is 0 Å². The van der Waals surface area contributed by atoms with Gasteiger partial charge in [-0.1, -0.05) is 20.8 Å². The third kappa shape index (κ3) is 3.76. The maximum Gasteiger partial charge on any atom is 0.0986 e. The van der Waals surface area contributed by atoms with Crippen molar-refractivity contribution in [1.82, 2.24) is 4.90 Å². The molecule has 0 aromatic carbocycles. The summed E-state index contributed by atoms with van der Waals surface area (Å²) in [7, 11) is 3.95. The van der Waals surface area contributed by atoms with Gasteiger partial charge in [0.15, 0.2) is 0 Å². The third-order valence-corrected chi connectivity index (χ3v) is 3.88. The van der Waals surface area contributed by atoms with Gasteiger partial charge in [-0.15, -0.1) is 0 Å². The molecule has 0 bridgehead atoms. The van der Waals surface area contributed by atoms with Crippen molar-refractivity contribution in [2.75, 3.05) is 20.9 Å². The fourth-order valence-corrected chi connectivity index (χ4v) is 2.69. The lowest BCUT2D eigenvalue weighted by Crippen LogP contribution is -2.38. The number of nitrogens with zero attached hydrogens (tertiary/aromatic N) is 1. The lowest BCUT2D eigenvalue weighted by molar-refractivity contribution is 0.0261. The third-order valence-electron chi connectivity index (χ3n) is 3.88. The number of hydrogen-bond donors (Lipinski definition) is 0. The Balaban J connectivity index is 2.36. The molecule has 2 heteroatoms. The Kier molecular flexibility index (Phi) is 4.60. The molecule has 0 radical (unpaired) electrons. The van der Waals surface area contributed by atoms with Crippen LogP contribution in [0, 0.1) is 11.3 Å². The summed E-state index contributed by atoms with van der Waals surface area (Å²) in [6.45, 7) is 7.88. The molecule has 15 heavy (non-hydrogen) atoms. The highest BCUT2D eigenvalue weighted by atomic mass is 16.5. The summed E-state index contributed by atoms with van der Waals surface area (Å²) < 4.78 is 5.18. The fourth-order valence-electron chi connectivity index (χ4n) is 2.69. The number of ether oxygens (including phenoxy) is 1. The molecule has 0 N–H and O–H groups in total. The van der Waals surface area contributed by atoms with Crippen LogP contribution in [0.25, 0.3) is 0 Å². The summed E-state index contributed by atoms with van der Waals surface area (Å²) in [5.74, 6) is 0.907. The molecule has 1 fully saturated rings. The van der Waals surface area contributed by atoms with E-state index in [1.54, 1.807) is 7.11 Å². The van der Waals surface area contributed by atoms with E-state index < -0.39 is 0 Å². The zero-order valence-electron chi connectivity index (χ0n) is 11.0. The van der Waals surface area contributed by atoms with Crippen molar-refractivity contribution < 1.29 is 4.74 Å². The second-order valence-corrected chi connectivity index (χ2v) is 6.05. The monoisotopic (exact) mass is 213 g/mol. The first-order valence-corrected chi connectivity index (χ1v) is 6.14. The van der Waals surface area contributed by atoms with Gasteiger partial charge in [-0.05, 0) is 44.1 Å². The molecule has 0 amide bonds. The second-order valence-electron chi connectivity index (χ2n) is 6.05. The highest BCUT2D eigenvalue weighted by molar-refractivity contribution is 4.83. The van der Waals surface area contributed by atoms with Gasteiger partial charge in [0.25, 0.3) is 0 Å². The van der Waals surface area contributed by atoms with E-state index in [1.165, 1.54) is 25.7 Å². The van der Waals surface area contributed by atoms with Gasteiger partial charge >= 0.3 is 0 Å². The van der Waals surface area contributed by atoms with Crippen molar-refractivity contribution in [1.29, 1.82) is 0 Å². The van der Waals surface area contributed by atoms with Crippen molar-refractivity contribution in [2.45, 2.75) is 52.5 Å². The van der Waals surface area contributed by atoms with Gasteiger partial charge in [-0.25, -0.2) is 0 Å². The predicted molar refractivity (Wildman–Crippen MR) is 64.8 cm³/mol. The van der Waals surface area contributed by atoms with E-state index in [2.05, 4.69) is 32.7 Å². The Morgan fingerprint density at radius 2 is 1.67 bits per heavy atom. The minimum Gasteiger partial charge on any atom is -0.369 e. The van der Waals surface area contributed by atoms with Crippen LogP contribution in [0.2, 0.25) is 0 Å². The molecule has 0 spiro atoms. The first kappa shape index (κ1) is 13.0. The molecule has 0 aromatic rings. The summed E-state index contributed by atoms with van der Waals surface area (Å²) in [4.78, 5) is 2.35. The minimum absolute atomic E-state index is 0.491. The van der Waals surface area contributed by atoms with E-state index in [0.29, 0.717) is 5.41 Å². The van der Waals surface area contributed by atoms with Gasteiger partial charge in [-0.2, -0.15) is 0 Å². The zero-order chi connectivity index (χ0) is 11.5. The molecule has 0 unspecified atom stereocenters. The Hall–Kier alpha value is -0.0800. The van der Waals surface area contributed by atoms with Gasteiger partial charge in [-0.3, -0.25) is 4.90 Å². The van der Waals surface area contributed by atoms with Crippen molar-refractivity contribution in [3.63, 3.8) is 0 Å². The van der Waals surface area contributed by atoms with Crippen molar-refractivity contribution >= 4 is 0 Å². The largest absolute Gasteiger partial charge is 0.369 e. The highest BCUT2D eigenvalue weighted by Gasteiger charge is 2.30. The van der Waals surface area contributed by atoms with Gasteiger partial charge in [0.1, 0.15) is 0 Å². The molecule has 0 heterocycles. The molecule has 2 nitrogen and oxygen atoms in total. The average Bonchev–Trinajstić information content (AvgIpc) is 2.17. The van der Waals surface area contributed by atoms with E-state index in [9.17, 15) is 0 Å². The van der Waals surface area contributed by atoms with Gasteiger partial charge in [0, 0.05) is 13.2 Å². The molecular formula is C13H27NO. The van der Waals surface area contributed by atoms with E-state index >= 15 is 0 Å². The zero-order valence-corrected chi connectivity index (χ0v) is 11.0. The smallest absolute Gasteiger partial charge is 0.0986 e. The quantitative estimate of drug-likeness (QED) is 0.668. The van der Waals surface area contributed by atoms with Crippen molar-refractivity contribution in [3.8, 4) is 0 Å². The fraction of sp³-hybridized carbons (Fsp3) is 1.00. The lowest BCUT2D eigenvalue weighted by Gasteiger charge is -2.39. The van der Waals surface area contributed by atoms with E-state index in [4.69, 9.17) is 4.74 Å². The second kappa shape index (κ2) is 5.31. The molecule has 1 rings (SSSR count). The Labute approximate surface area is 95.0 Å². The Morgan fingerprint density at radius 1 is 1.13 bits per heavy atom. The van der Waals surface area contributed by atoms with E-state index in [0.717, 1.165) is 18.7 Å². The number of hydrogen-bond acceptors (Lipinski definition) is 2. The summed E-state index contributed by atoms with van der Waals surface area (Å²) >= 11 is 0. The van der Waals surface area contributed by atoms with Gasteiger partial charge in [0.2, 0.25) is 0 Å². The van der Waals surface area contributed by atoms with E-state index in [-0.39, 0.29) is 0 Å². The summed E-state index contributed by atoms with van der Waals surface area (Å²) in [5.41, 5.74) is 0.491. The van der Waals surface area contributed by atoms with Crippen LogP contribution in [-0.2, 0) is 4.74 Å². The van der Waals surface area contributed by atoms with Crippen LogP contribution in [0.4, 0.5) is 0 Å². The Bertz CT molecular complexity index is 177. The van der Waals surface area contributed by atoms with Crippen LogP contribution < -0.4 is 0 Å². The number of methoxy groups -OCH3 is 1. The van der Waals surface area contributed by atoms with Crippen LogP contribution in [0.5, 0.6) is 0 Å². The summed E-state index contributed by atoms with van der Waals surface area (Å²) in [6, 6.07) is 0.739. The molecule has 0 atom stereocenters. The van der Waals surface area contributed by atoms with E-state index in [1.807, 2.05) is 0 Å². The van der Waals surface area contributed by atoms with Crippen molar-refractivity contribution in [2.24, 2.45) is 11.3 Å². The predicted octanol–water partition coefficient (Wildman–Crippen LogP) is 3.13. The maximum atomic E-state index is 5.18. The average molecular weight is 213 g/mol. The maximum absolute atomic E-state index is 5.18. The molecule has 1 aliphatic rings. The van der Waals surface area contributed by atoms with Crippen LogP contribution >= 0.6 is 0 Å². The highest BCUT2D eigenvalue weighted by Crippen LogP contribution is 2.38. The van der Waals surface area contributed by atoms with Crippen LogP contribution in [0.3, 0.4) is 0 Å². The first-order chi connectivity index (χ1) is 6.95. The standard InChI is InChI=1S/C13H27NO/c1-13(2,3)11-6-8-12(9-7-11)14(4)10-15-5/h11-12H,6-10H2,1-5H3. The molecule has 1 aliphatic carbocycles. The normalized spacial score (nSPS) is 28.4. The van der Waals surface area contributed by atoms with Crippen LogP contribution in [-0.4, -0.2) is 31.8 Å². The number of rotatable bonds is 3. The lowest BCUT2D eigenvalue weighted by atomic mass is 9.71. The molecule has 0 saturated heterocycles. The first-order valence-electron chi connectivity index (χ1n) is 6.14. The topological polar surface area (TPSA) is 12.5 Å². The SMILES string of the molecule is COCN(C)C1CCC(C(C)(C)C)CC1. The van der Waals surface area contributed by atoms with Gasteiger partial charge < -0.3 is 4.74 Å². The molecule has 0 aliphatic heterocycles. The Morgan fingerprint density at radius 3 is 2.07 bits per heavy atom. The minimum atomic E-state index is 0.491.